The van der Waals surface area contributed by atoms with E-state index in [2.05, 4.69) is 21.1 Å². The molecular weight excluding hydrogens is 637 g/mol. The Morgan fingerprint density at radius 1 is 1.12 bits per heavy atom. The Morgan fingerprint density at radius 2 is 1.92 bits per heavy atom. The van der Waals surface area contributed by atoms with E-state index < -0.39 is 34.9 Å². The minimum absolute atomic E-state index is 0.0000396. The standard InChI is InChI=1S/C36H35F3N6O4/c1-2-25-27(38)7-4-19-10-24(46)11-26(28(19)25)32-30(39)31-29(34(47)45(32)23-16-48-17-23)33(43-14-21-5-6-22(15-43)40-21)42-35(41-31)49-18-36-8-3-9-44(36)13-20(37)12-36/h1,4,7,10-11,20-23,40,46H,3,5-6,8-9,12-18H2/t20-,21?,22?,36+/m1/s1. The molecule has 10 nitrogen and oxygen atoms in total. The fourth-order valence-corrected chi connectivity index (χ4v) is 8.86. The predicted octanol–water partition coefficient (Wildman–Crippen LogP) is 4.04. The molecule has 2 aromatic carbocycles. The number of benzene rings is 2. The van der Waals surface area contributed by atoms with Gasteiger partial charge in [-0.2, -0.15) is 9.97 Å². The van der Waals surface area contributed by atoms with Crippen LogP contribution < -0.4 is 20.5 Å². The molecular formula is C36H35F3N6O4. The van der Waals surface area contributed by atoms with Gasteiger partial charge in [-0.3, -0.25) is 14.3 Å². The molecule has 2 bridgehead atoms. The van der Waals surface area contributed by atoms with Crippen molar-refractivity contribution in [2.75, 3.05) is 50.9 Å². The van der Waals surface area contributed by atoms with E-state index in [0.29, 0.717) is 31.4 Å². The second-order valence-electron chi connectivity index (χ2n) is 14.1. The number of halogens is 3. The van der Waals surface area contributed by atoms with Gasteiger partial charge in [-0.05, 0) is 55.8 Å². The third-order valence-electron chi connectivity index (χ3n) is 11.1. The number of ether oxygens (including phenoxy) is 2. The fourth-order valence-electron chi connectivity index (χ4n) is 8.86. The van der Waals surface area contributed by atoms with Crippen molar-refractivity contribution < 1.29 is 27.8 Å². The minimum Gasteiger partial charge on any atom is -0.508 e. The number of anilines is 1. The molecule has 7 heterocycles. The number of hydrogen-bond donors (Lipinski definition) is 2. The second-order valence-corrected chi connectivity index (χ2v) is 14.1. The molecule has 0 amide bonds. The zero-order valence-corrected chi connectivity index (χ0v) is 26.7. The smallest absolute Gasteiger partial charge is 0.319 e. The molecule has 254 valence electrons. The number of fused-ring (bicyclic) bond motifs is 5. The van der Waals surface area contributed by atoms with Crippen LogP contribution in [0.5, 0.6) is 11.8 Å². The summed E-state index contributed by atoms with van der Waals surface area (Å²) in [4.78, 5) is 28.3. The lowest BCUT2D eigenvalue weighted by Gasteiger charge is -2.35. The van der Waals surface area contributed by atoms with Gasteiger partial charge in [-0.25, -0.2) is 13.2 Å². The Bertz CT molecular complexity index is 2120. The first kappa shape index (κ1) is 30.7. The van der Waals surface area contributed by atoms with Gasteiger partial charge >= 0.3 is 6.01 Å². The van der Waals surface area contributed by atoms with Crippen molar-refractivity contribution in [1.29, 1.82) is 0 Å². The quantitative estimate of drug-likeness (QED) is 0.294. The van der Waals surface area contributed by atoms with E-state index in [-0.39, 0.29) is 82.6 Å². The normalized spacial score (nSPS) is 26.7. The van der Waals surface area contributed by atoms with Gasteiger partial charge in [0.15, 0.2) is 5.82 Å². The summed E-state index contributed by atoms with van der Waals surface area (Å²) < 4.78 is 60.3. The Labute approximate surface area is 279 Å². The molecule has 5 aliphatic rings. The first-order valence-electron chi connectivity index (χ1n) is 16.9. The highest BCUT2D eigenvalue weighted by Crippen LogP contribution is 2.43. The summed E-state index contributed by atoms with van der Waals surface area (Å²) in [5.41, 5.74) is -1.57. The summed E-state index contributed by atoms with van der Waals surface area (Å²) in [7, 11) is 0. The number of rotatable bonds is 6. The number of nitrogens with zero attached hydrogens (tertiary/aromatic N) is 5. The van der Waals surface area contributed by atoms with Gasteiger partial charge in [0.2, 0.25) is 0 Å². The largest absolute Gasteiger partial charge is 0.508 e. The summed E-state index contributed by atoms with van der Waals surface area (Å²) in [5.74, 6) is 0.875. The van der Waals surface area contributed by atoms with Crippen molar-refractivity contribution in [1.82, 2.24) is 24.8 Å². The zero-order chi connectivity index (χ0) is 33.6. The van der Waals surface area contributed by atoms with Crippen LogP contribution in [0.2, 0.25) is 0 Å². The fraction of sp³-hybridized carbons (Fsp3) is 0.472. The van der Waals surface area contributed by atoms with Crippen molar-refractivity contribution in [3.05, 3.63) is 51.8 Å². The van der Waals surface area contributed by atoms with Crippen LogP contribution in [0.4, 0.5) is 19.0 Å². The van der Waals surface area contributed by atoms with E-state index in [9.17, 15) is 14.3 Å². The van der Waals surface area contributed by atoms with Gasteiger partial charge in [0.25, 0.3) is 5.56 Å². The van der Waals surface area contributed by atoms with Crippen molar-refractivity contribution in [3.8, 4) is 35.4 Å². The monoisotopic (exact) mass is 672 g/mol. The molecule has 0 aliphatic carbocycles. The molecule has 2 aromatic heterocycles. The average Bonchev–Trinajstić information content (AvgIpc) is 3.71. The molecule has 2 N–H and O–H groups in total. The summed E-state index contributed by atoms with van der Waals surface area (Å²) in [5, 5.41) is 14.9. The SMILES string of the molecule is C#Cc1c(F)ccc2cc(O)cc(-c3c(F)c4nc(OC[C@@]56CCCN5C[C@H](F)C6)nc(N5CC6CCC(C5)N6)c4c(=O)n3C3COC3)c12. The number of piperazine rings is 1. The summed E-state index contributed by atoms with van der Waals surface area (Å²) >= 11 is 0. The first-order chi connectivity index (χ1) is 23.7. The van der Waals surface area contributed by atoms with Crippen LogP contribution in [0.25, 0.3) is 32.9 Å². The maximum atomic E-state index is 17.5. The van der Waals surface area contributed by atoms with E-state index in [4.69, 9.17) is 20.9 Å². The maximum Gasteiger partial charge on any atom is 0.319 e. The van der Waals surface area contributed by atoms with Crippen LogP contribution >= 0.6 is 0 Å². The number of pyridine rings is 1. The molecule has 5 aliphatic heterocycles. The Morgan fingerprint density at radius 3 is 2.65 bits per heavy atom. The highest BCUT2D eigenvalue weighted by Gasteiger charge is 2.49. The zero-order valence-electron chi connectivity index (χ0n) is 26.7. The molecule has 5 saturated heterocycles. The van der Waals surface area contributed by atoms with E-state index in [1.54, 1.807) is 0 Å². The summed E-state index contributed by atoms with van der Waals surface area (Å²) in [6.45, 7) is 2.65. The number of hydrogen-bond acceptors (Lipinski definition) is 9. The lowest BCUT2D eigenvalue weighted by atomic mass is 9.95. The van der Waals surface area contributed by atoms with Gasteiger partial charge < -0.3 is 24.8 Å². The van der Waals surface area contributed by atoms with Crippen LogP contribution in [0.15, 0.2) is 29.1 Å². The third-order valence-corrected chi connectivity index (χ3v) is 11.1. The van der Waals surface area contributed by atoms with Gasteiger partial charge in [-0.15, -0.1) is 6.42 Å². The second kappa shape index (κ2) is 11.3. The van der Waals surface area contributed by atoms with Crippen molar-refractivity contribution in [2.24, 2.45) is 0 Å². The highest BCUT2D eigenvalue weighted by atomic mass is 19.1. The number of alkyl halides is 1. The van der Waals surface area contributed by atoms with Crippen LogP contribution in [-0.2, 0) is 4.74 Å². The third kappa shape index (κ3) is 4.79. The van der Waals surface area contributed by atoms with Gasteiger partial charge in [-0.1, -0.05) is 12.0 Å². The number of phenols is 1. The van der Waals surface area contributed by atoms with Crippen LogP contribution in [0, 0.1) is 24.0 Å². The lowest BCUT2D eigenvalue weighted by molar-refractivity contribution is -0.0241. The van der Waals surface area contributed by atoms with Crippen LogP contribution in [0.1, 0.15) is 43.7 Å². The molecule has 5 fully saturated rings. The summed E-state index contributed by atoms with van der Waals surface area (Å²) in [6.07, 6.45) is 8.76. The first-order valence-corrected chi connectivity index (χ1v) is 16.9. The van der Waals surface area contributed by atoms with E-state index in [1.165, 1.54) is 28.8 Å². The van der Waals surface area contributed by atoms with Crippen LogP contribution in [0.3, 0.4) is 0 Å². The lowest BCUT2D eigenvalue weighted by Crippen LogP contribution is -2.52. The number of phenolic OH excluding ortho intramolecular Hbond substituents is 1. The molecule has 2 unspecified atom stereocenters. The minimum atomic E-state index is -0.961. The molecule has 0 saturated carbocycles. The number of nitrogens with one attached hydrogen (secondary N) is 1. The number of aromatic nitrogens is 3. The van der Waals surface area contributed by atoms with E-state index >= 15 is 8.78 Å². The van der Waals surface area contributed by atoms with Crippen molar-refractivity contribution in [2.45, 2.75) is 61.9 Å². The van der Waals surface area contributed by atoms with Gasteiger partial charge in [0.05, 0.1) is 36.1 Å². The maximum absolute atomic E-state index is 17.5. The highest BCUT2D eigenvalue weighted by molar-refractivity contribution is 6.03. The Balaban J connectivity index is 1.29. The van der Waals surface area contributed by atoms with Crippen molar-refractivity contribution in [3.63, 3.8) is 0 Å². The molecule has 4 atom stereocenters. The van der Waals surface area contributed by atoms with Crippen molar-refractivity contribution >= 4 is 27.5 Å². The average molecular weight is 673 g/mol. The number of aromatic hydroxyl groups is 1. The molecule has 0 spiro atoms. The molecule has 13 heteroatoms. The van der Waals surface area contributed by atoms with E-state index in [1.807, 2.05) is 4.90 Å². The topological polar surface area (TPSA) is 105 Å². The number of terminal acetylenes is 1. The van der Waals surface area contributed by atoms with Crippen LogP contribution in [-0.4, -0.2) is 94.3 Å². The summed E-state index contributed by atoms with van der Waals surface area (Å²) in [6, 6.07) is 5.04. The molecule has 4 aromatic rings. The van der Waals surface area contributed by atoms with Gasteiger partial charge in [0.1, 0.15) is 41.1 Å². The predicted molar refractivity (Wildman–Crippen MR) is 177 cm³/mol. The Hall–Kier alpha value is -4.38. The molecule has 0 radical (unpaired) electrons. The molecule has 49 heavy (non-hydrogen) atoms. The Kier molecular flexibility index (Phi) is 7.09. The van der Waals surface area contributed by atoms with E-state index in [0.717, 1.165) is 32.2 Å². The molecule has 9 rings (SSSR count). The van der Waals surface area contributed by atoms with Gasteiger partial charge in [0, 0.05) is 49.1 Å².